The van der Waals surface area contributed by atoms with Crippen molar-refractivity contribution in [2.75, 3.05) is 52.6 Å². The van der Waals surface area contributed by atoms with Crippen molar-refractivity contribution in [3.63, 3.8) is 0 Å². The third-order valence-corrected chi connectivity index (χ3v) is 13.6. The fourth-order valence-electron chi connectivity index (χ4n) is 3.97. The summed E-state index contributed by atoms with van der Waals surface area (Å²) >= 11 is 35.6. The van der Waals surface area contributed by atoms with Crippen LogP contribution in [0, 0.1) is 6.07 Å². The molecule has 6 rings (SSSR count). The van der Waals surface area contributed by atoms with E-state index in [0.717, 1.165) is 93.1 Å². The zero-order chi connectivity index (χ0) is 33.5. The van der Waals surface area contributed by atoms with Crippen LogP contribution in [0.5, 0.6) is 0 Å². The van der Waals surface area contributed by atoms with E-state index in [1.807, 2.05) is 36.6 Å². The van der Waals surface area contributed by atoms with Crippen LogP contribution in [0.2, 0.25) is 17.3 Å². The van der Waals surface area contributed by atoms with Crippen molar-refractivity contribution in [2.45, 2.75) is 33.0 Å². The van der Waals surface area contributed by atoms with Crippen molar-refractivity contribution in [3.05, 3.63) is 82.2 Å². The number of morpholine rings is 2. The topological polar surface area (TPSA) is 62.2 Å². The van der Waals surface area contributed by atoms with E-state index < -0.39 is 0 Å². The first kappa shape index (κ1) is 44.7. The fraction of sp³-hybridized carbons (Fsp3) is 0.433. The van der Waals surface area contributed by atoms with E-state index in [-0.39, 0.29) is 45.1 Å². The van der Waals surface area contributed by atoms with E-state index in [9.17, 15) is 4.79 Å². The molecule has 0 amide bonds. The minimum absolute atomic E-state index is 0. The van der Waals surface area contributed by atoms with Crippen LogP contribution in [0.25, 0.3) is 0 Å². The second-order valence-electron chi connectivity index (χ2n) is 9.62. The van der Waals surface area contributed by atoms with Gasteiger partial charge in [-0.15, -0.1) is 38.9 Å². The monoisotopic (exact) mass is 1000 g/mol. The molecule has 47 heavy (non-hydrogen) atoms. The van der Waals surface area contributed by atoms with Crippen LogP contribution in [0.3, 0.4) is 0 Å². The summed E-state index contributed by atoms with van der Waals surface area (Å²) < 4.78 is 15.3. The van der Waals surface area contributed by atoms with Gasteiger partial charge in [-0.25, -0.2) is 23.5 Å². The number of carbonyl (C=O) groups is 1. The molecule has 2 aliphatic rings. The van der Waals surface area contributed by atoms with Crippen LogP contribution in [0.4, 0.5) is 0 Å². The van der Waals surface area contributed by atoms with Crippen LogP contribution < -0.4 is 0 Å². The summed E-state index contributed by atoms with van der Waals surface area (Å²) in [5, 5.41) is 10.5. The standard InChI is InChI=1S/C12H16ClNO2S.C9H11ClNOS.C5H4BrClOS.C4H2BrClS.Y/c1-2-11(15)10-7-9(17-12(10)13)8-14-3-5-16-6-4-14;10-9-2-1-8(13-9)7-11-3-5-12-6-4-11;6-4-1-3(2-8)9-5(4)7;5-3-1-2-7-4(3)6;/h7H,2-6,8H2,1H3;1H,3-7H2;1,8H,2H2;1-2H;/q;-1;;;. The number of nitrogens with zero attached hydrogens (tertiary/aromatic N) is 2. The summed E-state index contributed by atoms with van der Waals surface area (Å²) in [5.74, 6) is 0.125. The first-order valence-electron chi connectivity index (χ1n) is 14.1. The Balaban J connectivity index is 0.000000228. The van der Waals surface area contributed by atoms with E-state index in [1.165, 1.54) is 38.9 Å². The normalized spacial score (nSPS) is 14.9. The zero-order valence-corrected chi connectivity index (χ0v) is 37.7. The average molecular weight is 1000 g/mol. The van der Waals surface area contributed by atoms with Crippen molar-refractivity contribution >= 4 is 129 Å². The molecule has 0 atom stereocenters. The molecule has 0 aliphatic carbocycles. The van der Waals surface area contributed by atoms with E-state index in [4.69, 9.17) is 61.0 Å². The third-order valence-electron chi connectivity index (χ3n) is 6.32. The number of Topliss-reactive ketones (excluding diaryl/α,β-unsaturated/α-hetero) is 1. The van der Waals surface area contributed by atoms with Gasteiger partial charge in [-0.2, -0.15) is 0 Å². The molecule has 0 aromatic carbocycles. The summed E-state index contributed by atoms with van der Waals surface area (Å²) in [5.41, 5.74) is 0.683. The first-order valence-corrected chi connectivity index (χ1v) is 20.5. The minimum Gasteiger partial charge on any atom is -0.391 e. The molecule has 1 radical (unpaired) electrons. The van der Waals surface area contributed by atoms with Gasteiger partial charge in [-0.05, 0) is 66.3 Å². The van der Waals surface area contributed by atoms with Gasteiger partial charge >= 0.3 is 0 Å². The quantitative estimate of drug-likeness (QED) is 0.147. The smallest absolute Gasteiger partial charge is 0.164 e. The Kier molecular flexibility index (Phi) is 23.5. The molecule has 2 fully saturated rings. The van der Waals surface area contributed by atoms with Gasteiger partial charge in [0.15, 0.2) is 5.78 Å². The van der Waals surface area contributed by atoms with Gasteiger partial charge in [-0.1, -0.05) is 53.3 Å². The number of halogens is 6. The Bertz CT molecular complexity index is 1440. The largest absolute Gasteiger partial charge is 0.391 e. The molecule has 0 saturated carbocycles. The number of aliphatic hydroxyl groups is 1. The molecule has 4 aromatic heterocycles. The van der Waals surface area contributed by atoms with Gasteiger partial charge in [0.25, 0.3) is 0 Å². The van der Waals surface area contributed by atoms with Crippen LogP contribution in [-0.2, 0) is 61.9 Å². The molecule has 2 aliphatic heterocycles. The molecular formula is C30H33Br2Cl4N2O4S4Y-. The Morgan fingerprint density at radius 2 is 1.43 bits per heavy atom. The molecular weight excluding hydrogens is 971 g/mol. The molecule has 4 aromatic rings. The summed E-state index contributed by atoms with van der Waals surface area (Å²) in [6.45, 7) is 11.0. The fourth-order valence-corrected chi connectivity index (χ4v) is 9.39. The van der Waals surface area contributed by atoms with Gasteiger partial charge in [0, 0.05) is 96.1 Å². The predicted molar refractivity (Wildman–Crippen MR) is 204 cm³/mol. The van der Waals surface area contributed by atoms with Gasteiger partial charge in [0.1, 0.15) is 13.0 Å². The maximum Gasteiger partial charge on any atom is 0.164 e. The van der Waals surface area contributed by atoms with Gasteiger partial charge in [0.05, 0.1) is 33.0 Å². The van der Waals surface area contributed by atoms with E-state index in [0.29, 0.717) is 20.7 Å². The molecule has 0 unspecified atom stereocenters. The maximum atomic E-state index is 11.6. The number of ether oxygens (including phenoxy) is 2. The summed E-state index contributed by atoms with van der Waals surface area (Å²) in [6.07, 6.45) is 0.507. The number of rotatable bonds is 7. The second kappa shape index (κ2) is 24.7. The number of aliphatic hydroxyl groups excluding tert-OH is 1. The van der Waals surface area contributed by atoms with E-state index in [1.54, 1.807) is 11.3 Å². The summed E-state index contributed by atoms with van der Waals surface area (Å²) in [7, 11) is 0. The van der Waals surface area contributed by atoms with Crippen molar-refractivity contribution < 1.29 is 52.1 Å². The third kappa shape index (κ3) is 16.8. The van der Waals surface area contributed by atoms with E-state index in [2.05, 4.69) is 47.7 Å². The molecule has 1 N–H and O–H groups in total. The second-order valence-corrected chi connectivity index (χ2v) is 18.1. The Morgan fingerprint density at radius 3 is 1.81 bits per heavy atom. The van der Waals surface area contributed by atoms with Crippen molar-refractivity contribution in [2.24, 2.45) is 0 Å². The molecule has 257 valence electrons. The molecule has 17 heteroatoms. The van der Waals surface area contributed by atoms with Gasteiger partial charge < -0.3 is 19.5 Å². The summed E-state index contributed by atoms with van der Waals surface area (Å²) in [6, 6.07) is 10.6. The molecule has 2 saturated heterocycles. The SMILES string of the molecule is CCC(=O)c1cc(CN2CCOCC2)sc1Cl.Clc1[c-]cc(CN2CCOCC2)s1.Clc1sccc1Br.OCc1cc(Br)c(Cl)s1.[Y]. The molecule has 6 heterocycles. The predicted octanol–water partition coefficient (Wildman–Crippen LogP) is 10.7. The minimum atomic E-state index is 0. The number of hydrogen-bond donors (Lipinski definition) is 1. The molecule has 0 bridgehead atoms. The van der Waals surface area contributed by atoms with Gasteiger partial charge in [-0.3, -0.25) is 9.69 Å². The van der Waals surface area contributed by atoms with Crippen molar-refractivity contribution in [1.29, 1.82) is 0 Å². The van der Waals surface area contributed by atoms with E-state index >= 15 is 0 Å². The summed E-state index contributed by atoms with van der Waals surface area (Å²) in [4.78, 5) is 19.7. The maximum absolute atomic E-state index is 11.6. The average Bonchev–Trinajstić information content (AvgIpc) is 3.83. The molecule has 6 nitrogen and oxygen atoms in total. The molecule has 0 spiro atoms. The zero-order valence-electron chi connectivity index (χ0n) is 25.4. The van der Waals surface area contributed by atoms with Crippen molar-refractivity contribution in [1.82, 2.24) is 9.80 Å². The van der Waals surface area contributed by atoms with Crippen molar-refractivity contribution in [3.8, 4) is 0 Å². The van der Waals surface area contributed by atoms with Crippen LogP contribution >= 0.6 is 124 Å². The van der Waals surface area contributed by atoms with Crippen LogP contribution in [0.15, 0.2) is 38.6 Å². The van der Waals surface area contributed by atoms with Crippen LogP contribution in [-0.4, -0.2) is 73.3 Å². The first-order chi connectivity index (χ1) is 22.1. The van der Waals surface area contributed by atoms with Crippen LogP contribution in [0.1, 0.15) is 38.3 Å². The van der Waals surface area contributed by atoms with Gasteiger partial charge in [0.2, 0.25) is 0 Å². The Hall–Kier alpha value is 1.49. The number of hydrogen-bond acceptors (Lipinski definition) is 10. The Labute approximate surface area is 354 Å². The Morgan fingerprint density at radius 1 is 0.851 bits per heavy atom. The number of thiophene rings is 4. The number of carbonyl (C=O) groups excluding carboxylic acids is 1. The number of ketones is 1.